The summed E-state index contributed by atoms with van der Waals surface area (Å²) in [7, 11) is 3.55. The number of quaternary nitrogens is 1. The van der Waals surface area contributed by atoms with Crippen molar-refractivity contribution in [1.82, 2.24) is 10.6 Å². The molecular formula is C17H28N3O3+. The summed E-state index contributed by atoms with van der Waals surface area (Å²) < 4.78 is 5.35. The van der Waals surface area contributed by atoms with E-state index in [1.165, 1.54) is 0 Å². The topological polar surface area (TPSA) is 71.9 Å². The highest BCUT2D eigenvalue weighted by Crippen LogP contribution is 2.18. The Morgan fingerprint density at radius 2 is 2.04 bits per heavy atom. The number of carbonyl (C=O) groups excluding carboxylic acids is 2. The third-order valence-electron chi connectivity index (χ3n) is 3.63. The maximum Gasteiger partial charge on any atom is 0.321 e. The average molecular weight is 322 g/mol. The van der Waals surface area contributed by atoms with Gasteiger partial charge in [-0.05, 0) is 32.4 Å². The van der Waals surface area contributed by atoms with Gasteiger partial charge in [0.2, 0.25) is 0 Å². The third kappa shape index (κ3) is 6.69. The van der Waals surface area contributed by atoms with E-state index in [-0.39, 0.29) is 18.5 Å². The number of carbonyl (C=O) groups is 2. The number of hydrogen-bond acceptors (Lipinski definition) is 3. The summed E-state index contributed by atoms with van der Waals surface area (Å²) in [5.74, 6) is 0.514. The first-order valence-electron chi connectivity index (χ1n) is 7.90. The van der Waals surface area contributed by atoms with E-state index in [4.69, 9.17) is 4.74 Å². The van der Waals surface area contributed by atoms with Crippen molar-refractivity contribution in [2.45, 2.75) is 39.8 Å². The van der Waals surface area contributed by atoms with Crippen molar-refractivity contribution >= 4 is 11.9 Å². The van der Waals surface area contributed by atoms with Crippen LogP contribution < -0.4 is 20.3 Å². The second kappa shape index (κ2) is 9.15. The lowest BCUT2D eigenvalue weighted by Gasteiger charge is -2.16. The lowest BCUT2D eigenvalue weighted by Crippen LogP contribution is -3.09. The van der Waals surface area contributed by atoms with Gasteiger partial charge < -0.3 is 15.0 Å². The number of urea groups is 1. The van der Waals surface area contributed by atoms with Gasteiger partial charge in [-0.2, -0.15) is 0 Å². The third-order valence-corrected chi connectivity index (χ3v) is 3.63. The van der Waals surface area contributed by atoms with Crippen molar-refractivity contribution in [3.63, 3.8) is 0 Å². The molecule has 3 amide bonds. The minimum atomic E-state index is -0.440. The van der Waals surface area contributed by atoms with E-state index in [1.54, 1.807) is 7.11 Å². The zero-order chi connectivity index (χ0) is 17.4. The number of benzene rings is 1. The summed E-state index contributed by atoms with van der Waals surface area (Å²) in [6.45, 7) is 6.74. The fourth-order valence-corrected chi connectivity index (χ4v) is 2.24. The number of imide groups is 1. The second-order valence-electron chi connectivity index (χ2n) is 5.96. The van der Waals surface area contributed by atoms with E-state index < -0.39 is 6.03 Å². The Labute approximate surface area is 138 Å². The van der Waals surface area contributed by atoms with Crippen LogP contribution in [0, 0.1) is 6.92 Å². The lowest BCUT2D eigenvalue weighted by atomic mass is 10.1. The fraction of sp³-hybridized carbons (Fsp3) is 0.529. The van der Waals surface area contributed by atoms with Crippen molar-refractivity contribution < 1.29 is 19.2 Å². The molecule has 0 fully saturated rings. The van der Waals surface area contributed by atoms with Gasteiger partial charge in [0.1, 0.15) is 12.3 Å². The van der Waals surface area contributed by atoms with Crippen LogP contribution in [-0.2, 0) is 11.3 Å². The lowest BCUT2D eigenvalue weighted by molar-refractivity contribution is -0.885. The van der Waals surface area contributed by atoms with Crippen molar-refractivity contribution in [2.24, 2.45) is 0 Å². The molecule has 0 aliphatic heterocycles. The van der Waals surface area contributed by atoms with Gasteiger partial charge in [0.15, 0.2) is 6.54 Å². The Balaban J connectivity index is 2.53. The first-order valence-corrected chi connectivity index (χ1v) is 7.90. The summed E-state index contributed by atoms with van der Waals surface area (Å²) in [6.07, 6.45) is 0.819. The van der Waals surface area contributed by atoms with Gasteiger partial charge in [-0.1, -0.05) is 18.6 Å². The van der Waals surface area contributed by atoms with Gasteiger partial charge in [0.25, 0.3) is 5.91 Å². The quantitative estimate of drug-likeness (QED) is 0.690. The van der Waals surface area contributed by atoms with E-state index in [1.807, 2.05) is 40.0 Å². The number of aryl methyl sites for hydroxylation is 1. The van der Waals surface area contributed by atoms with Gasteiger partial charge >= 0.3 is 6.03 Å². The molecule has 0 heterocycles. The highest BCUT2D eigenvalue weighted by atomic mass is 16.5. The Morgan fingerprint density at radius 3 is 2.65 bits per heavy atom. The molecule has 0 bridgehead atoms. The van der Waals surface area contributed by atoms with Crippen molar-refractivity contribution in [3.8, 4) is 5.75 Å². The fourth-order valence-electron chi connectivity index (χ4n) is 2.24. The van der Waals surface area contributed by atoms with E-state index in [9.17, 15) is 9.59 Å². The van der Waals surface area contributed by atoms with Gasteiger partial charge in [0.05, 0.1) is 14.2 Å². The molecule has 23 heavy (non-hydrogen) atoms. The van der Waals surface area contributed by atoms with E-state index in [2.05, 4.69) is 16.7 Å². The number of ether oxygens (including phenoxy) is 1. The molecule has 0 saturated heterocycles. The van der Waals surface area contributed by atoms with Gasteiger partial charge in [-0.15, -0.1) is 0 Å². The van der Waals surface area contributed by atoms with Gasteiger partial charge in [-0.3, -0.25) is 10.1 Å². The summed E-state index contributed by atoms with van der Waals surface area (Å²) in [5.41, 5.74) is 2.19. The Morgan fingerprint density at radius 1 is 1.35 bits per heavy atom. The monoisotopic (exact) mass is 322 g/mol. The average Bonchev–Trinajstić information content (AvgIpc) is 2.46. The maximum absolute atomic E-state index is 11.9. The predicted molar refractivity (Wildman–Crippen MR) is 89.6 cm³/mol. The zero-order valence-corrected chi connectivity index (χ0v) is 14.7. The number of methoxy groups -OCH3 is 1. The molecule has 0 radical (unpaired) electrons. The number of nitrogens with one attached hydrogen (secondary N) is 3. The largest absolute Gasteiger partial charge is 0.496 e. The molecule has 1 unspecified atom stereocenters. The summed E-state index contributed by atoms with van der Waals surface area (Å²) in [6, 6.07) is 5.58. The normalized spacial score (nSPS) is 13.1. The molecule has 6 heteroatoms. The van der Waals surface area contributed by atoms with Crippen LogP contribution >= 0.6 is 0 Å². The van der Waals surface area contributed by atoms with E-state index in [0.29, 0.717) is 6.54 Å². The first-order chi connectivity index (χ1) is 10.8. The van der Waals surface area contributed by atoms with Crippen LogP contribution in [0.25, 0.3) is 0 Å². The Hall–Kier alpha value is -2.08. The predicted octanol–water partition coefficient (Wildman–Crippen LogP) is 0.643. The zero-order valence-electron chi connectivity index (χ0n) is 14.7. The number of likely N-dealkylation sites (N-methyl/N-ethyl adjacent to an activating group) is 1. The van der Waals surface area contributed by atoms with Crippen LogP contribution in [0.4, 0.5) is 4.79 Å². The summed E-state index contributed by atoms with van der Waals surface area (Å²) in [4.78, 5) is 24.5. The smallest absolute Gasteiger partial charge is 0.321 e. The Bertz CT molecular complexity index is 546. The molecule has 1 rings (SSSR count). The Kier molecular flexibility index (Phi) is 7.54. The van der Waals surface area contributed by atoms with Crippen molar-refractivity contribution in [1.29, 1.82) is 0 Å². The summed E-state index contributed by atoms with van der Waals surface area (Å²) >= 11 is 0. The van der Waals surface area contributed by atoms with E-state index in [0.717, 1.165) is 28.2 Å². The SMILES string of the molecule is CC[C@H](C)NC(=O)NC(=O)C[NH+](C)Cc1cc(C)ccc1OC. The molecule has 3 N–H and O–H groups in total. The highest BCUT2D eigenvalue weighted by Gasteiger charge is 2.16. The molecule has 0 saturated carbocycles. The standard InChI is InChI=1S/C17H27N3O3/c1-6-13(3)18-17(22)19-16(21)11-20(4)10-14-9-12(2)7-8-15(14)23-5/h7-9,13H,6,10-11H2,1-5H3,(H2,18,19,21,22)/p+1/t13-/m0/s1. The molecule has 6 nitrogen and oxygen atoms in total. The summed E-state index contributed by atoms with van der Waals surface area (Å²) in [5, 5.41) is 5.07. The number of hydrogen-bond donors (Lipinski definition) is 3. The molecule has 0 aliphatic rings. The van der Waals surface area contributed by atoms with E-state index >= 15 is 0 Å². The first kappa shape index (κ1) is 19.0. The molecule has 128 valence electrons. The second-order valence-corrected chi connectivity index (χ2v) is 5.96. The minimum Gasteiger partial charge on any atom is -0.496 e. The van der Waals surface area contributed by atoms with Gasteiger partial charge in [-0.25, -0.2) is 4.79 Å². The van der Waals surface area contributed by atoms with Crippen molar-refractivity contribution in [2.75, 3.05) is 20.7 Å². The minimum absolute atomic E-state index is 0.0458. The van der Waals surface area contributed by atoms with Crippen LogP contribution in [0.5, 0.6) is 5.75 Å². The molecule has 0 aliphatic carbocycles. The molecule has 0 aromatic heterocycles. The van der Waals surface area contributed by atoms with Crippen LogP contribution in [0.15, 0.2) is 18.2 Å². The maximum atomic E-state index is 11.9. The number of amides is 3. The molecule has 0 spiro atoms. The molecular weight excluding hydrogens is 294 g/mol. The van der Waals surface area contributed by atoms with Crippen LogP contribution in [0.3, 0.4) is 0 Å². The highest BCUT2D eigenvalue weighted by molar-refractivity contribution is 5.94. The molecule has 2 atom stereocenters. The van der Waals surface area contributed by atoms with Crippen LogP contribution in [-0.4, -0.2) is 38.7 Å². The molecule has 1 aromatic rings. The number of rotatable bonds is 7. The van der Waals surface area contributed by atoms with Crippen molar-refractivity contribution in [3.05, 3.63) is 29.3 Å². The van der Waals surface area contributed by atoms with Gasteiger partial charge in [0, 0.05) is 11.6 Å². The van der Waals surface area contributed by atoms with Crippen LogP contribution in [0.1, 0.15) is 31.4 Å². The molecule has 1 aromatic carbocycles. The van der Waals surface area contributed by atoms with Crippen LogP contribution in [0.2, 0.25) is 0 Å².